The second-order valence-corrected chi connectivity index (χ2v) is 7.19. The summed E-state index contributed by atoms with van der Waals surface area (Å²) in [5.41, 5.74) is -0.327. The second kappa shape index (κ2) is 8.44. The van der Waals surface area contributed by atoms with Gasteiger partial charge in [-0.3, -0.25) is 0 Å². The van der Waals surface area contributed by atoms with Gasteiger partial charge in [-0.25, -0.2) is 19.0 Å². The zero-order chi connectivity index (χ0) is 19.3. The molecule has 1 aromatic rings. The van der Waals surface area contributed by atoms with Gasteiger partial charge in [-0.05, 0) is 45.7 Å². The van der Waals surface area contributed by atoms with Gasteiger partial charge < -0.3 is 19.7 Å². The normalized spacial score (nSPS) is 17.7. The third-order valence-electron chi connectivity index (χ3n) is 4.01. The number of carbonyl (C=O) groups is 2. The molecule has 144 valence electrons. The number of ether oxygens (including phenoxy) is 2. The number of halogens is 1. The number of hydrogen-bond donors (Lipinski definition) is 1. The van der Waals surface area contributed by atoms with Gasteiger partial charge in [0.2, 0.25) is 0 Å². The highest BCUT2D eigenvalue weighted by Gasteiger charge is 2.30. The standard InChI is InChI=1S/C18H26FN3O4/c1-18(2,3)26-17(24)22-10-9-20-11-12(22)5-7-14-13(19)6-8-15(21-14)16(23)25-4/h6,8,12,20H,5,7,9-11H2,1-4H3/t12-/m1/s1. The number of aromatic nitrogens is 1. The molecule has 0 unspecified atom stereocenters. The van der Waals surface area contributed by atoms with Crippen LogP contribution in [0.5, 0.6) is 0 Å². The Bertz CT molecular complexity index is 660. The smallest absolute Gasteiger partial charge is 0.410 e. The van der Waals surface area contributed by atoms with Crippen molar-refractivity contribution < 1.29 is 23.5 Å². The van der Waals surface area contributed by atoms with Crippen LogP contribution in [0.1, 0.15) is 43.4 Å². The van der Waals surface area contributed by atoms with Crippen LogP contribution in [0.4, 0.5) is 9.18 Å². The van der Waals surface area contributed by atoms with Gasteiger partial charge >= 0.3 is 12.1 Å². The molecule has 1 amide bonds. The summed E-state index contributed by atoms with van der Waals surface area (Å²) >= 11 is 0. The Morgan fingerprint density at radius 2 is 2.12 bits per heavy atom. The summed E-state index contributed by atoms with van der Waals surface area (Å²) in [5.74, 6) is -1.09. The fraction of sp³-hybridized carbons (Fsp3) is 0.611. The lowest BCUT2D eigenvalue weighted by atomic mass is 10.1. The summed E-state index contributed by atoms with van der Waals surface area (Å²) in [7, 11) is 1.25. The molecule has 1 aliphatic heterocycles. The van der Waals surface area contributed by atoms with Crippen molar-refractivity contribution in [1.29, 1.82) is 0 Å². The average Bonchev–Trinajstić information content (AvgIpc) is 2.59. The van der Waals surface area contributed by atoms with Crippen LogP contribution in [-0.2, 0) is 15.9 Å². The maximum Gasteiger partial charge on any atom is 0.410 e. The van der Waals surface area contributed by atoms with Gasteiger partial charge in [-0.15, -0.1) is 0 Å². The Labute approximate surface area is 152 Å². The highest BCUT2D eigenvalue weighted by molar-refractivity contribution is 5.87. The van der Waals surface area contributed by atoms with Crippen molar-refractivity contribution in [2.45, 2.75) is 45.3 Å². The molecule has 1 aliphatic rings. The first-order valence-electron chi connectivity index (χ1n) is 8.65. The topological polar surface area (TPSA) is 80.8 Å². The van der Waals surface area contributed by atoms with E-state index in [0.717, 1.165) is 0 Å². The van der Waals surface area contributed by atoms with E-state index in [9.17, 15) is 14.0 Å². The second-order valence-electron chi connectivity index (χ2n) is 7.19. The van der Waals surface area contributed by atoms with Crippen molar-refractivity contribution in [2.75, 3.05) is 26.7 Å². The van der Waals surface area contributed by atoms with E-state index in [1.807, 2.05) is 20.8 Å². The Kier molecular flexibility index (Phi) is 6.52. The van der Waals surface area contributed by atoms with Crippen LogP contribution >= 0.6 is 0 Å². The Morgan fingerprint density at radius 3 is 2.77 bits per heavy atom. The maximum absolute atomic E-state index is 14.0. The highest BCUT2D eigenvalue weighted by atomic mass is 19.1. The van der Waals surface area contributed by atoms with E-state index < -0.39 is 17.4 Å². The average molecular weight is 367 g/mol. The number of nitrogens with zero attached hydrogens (tertiary/aromatic N) is 2. The molecule has 0 spiro atoms. The number of nitrogens with one attached hydrogen (secondary N) is 1. The third kappa shape index (κ3) is 5.39. The molecule has 2 rings (SSSR count). The number of rotatable bonds is 4. The van der Waals surface area contributed by atoms with Crippen molar-refractivity contribution >= 4 is 12.1 Å². The molecule has 0 aromatic carbocycles. The number of esters is 1. The minimum atomic E-state index is -0.610. The van der Waals surface area contributed by atoms with Crippen LogP contribution < -0.4 is 5.32 Å². The highest BCUT2D eigenvalue weighted by Crippen LogP contribution is 2.17. The summed E-state index contributed by atoms with van der Waals surface area (Å²) in [4.78, 5) is 29.7. The van der Waals surface area contributed by atoms with Crippen molar-refractivity contribution in [3.8, 4) is 0 Å². The number of aryl methyl sites for hydroxylation is 1. The molecule has 0 saturated carbocycles. The number of amides is 1. The lowest BCUT2D eigenvalue weighted by molar-refractivity contribution is 0.0112. The first-order valence-corrected chi connectivity index (χ1v) is 8.65. The van der Waals surface area contributed by atoms with E-state index in [2.05, 4.69) is 15.0 Å². The number of piperazine rings is 1. The van der Waals surface area contributed by atoms with Gasteiger partial charge in [-0.2, -0.15) is 0 Å². The van der Waals surface area contributed by atoms with Gasteiger partial charge in [0.15, 0.2) is 0 Å². The fourth-order valence-corrected chi connectivity index (χ4v) is 2.76. The van der Waals surface area contributed by atoms with Crippen LogP contribution in [-0.4, -0.2) is 60.3 Å². The van der Waals surface area contributed by atoms with E-state index in [4.69, 9.17) is 4.74 Å². The first-order chi connectivity index (χ1) is 12.2. The molecule has 26 heavy (non-hydrogen) atoms. The Morgan fingerprint density at radius 1 is 1.38 bits per heavy atom. The SMILES string of the molecule is COC(=O)c1ccc(F)c(CC[C@@H]2CNCCN2C(=O)OC(C)(C)C)n1. The quantitative estimate of drug-likeness (QED) is 0.822. The number of carbonyl (C=O) groups excluding carboxylic acids is 2. The van der Waals surface area contributed by atoms with Crippen molar-refractivity contribution in [3.05, 3.63) is 29.3 Å². The number of pyridine rings is 1. The molecule has 1 saturated heterocycles. The molecule has 0 bridgehead atoms. The summed E-state index contributed by atoms with van der Waals surface area (Å²) in [6, 6.07) is 2.36. The van der Waals surface area contributed by atoms with E-state index in [1.54, 1.807) is 4.90 Å². The summed E-state index contributed by atoms with van der Waals surface area (Å²) in [5, 5.41) is 3.23. The third-order valence-corrected chi connectivity index (χ3v) is 4.01. The van der Waals surface area contributed by atoms with Crippen LogP contribution in [0.25, 0.3) is 0 Å². The molecular weight excluding hydrogens is 341 g/mol. The van der Waals surface area contributed by atoms with Crippen LogP contribution in [0, 0.1) is 5.82 Å². The minimum Gasteiger partial charge on any atom is -0.464 e. The molecule has 1 atom stereocenters. The van der Waals surface area contributed by atoms with E-state index in [0.29, 0.717) is 32.5 Å². The fourth-order valence-electron chi connectivity index (χ4n) is 2.76. The molecule has 1 N–H and O–H groups in total. The van der Waals surface area contributed by atoms with Crippen LogP contribution in [0.15, 0.2) is 12.1 Å². The molecule has 8 heteroatoms. The van der Waals surface area contributed by atoms with Gasteiger partial charge in [0.05, 0.1) is 12.8 Å². The molecule has 0 radical (unpaired) electrons. The van der Waals surface area contributed by atoms with Crippen molar-refractivity contribution in [1.82, 2.24) is 15.2 Å². The van der Waals surface area contributed by atoms with E-state index in [1.165, 1.54) is 19.2 Å². The zero-order valence-corrected chi connectivity index (χ0v) is 15.7. The van der Waals surface area contributed by atoms with Crippen molar-refractivity contribution in [3.63, 3.8) is 0 Å². The number of methoxy groups -OCH3 is 1. The van der Waals surface area contributed by atoms with E-state index in [-0.39, 0.29) is 23.5 Å². The molecule has 1 fully saturated rings. The lowest BCUT2D eigenvalue weighted by Gasteiger charge is -2.37. The molecule has 2 heterocycles. The monoisotopic (exact) mass is 367 g/mol. The van der Waals surface area contributed by atoms with Gasteiger partial charge in [-0.1, -0.05) is 0 Å². The Hall–Kier alpha value is -2.22. The van der Waals surface area contributed by atoms with Gasteiger partial charge in [0.1, 0.15) is 17.1 Å². The molecule has 7 nitrogen and oxygen atoms in total. The summed E-state index contributed by atoms with van der Waals surface area (Å²) in [6.07, 6.45) is 0.420. The Balaban J connectivity index is 2.06. The van der Waals surface area contributed by atoms with Crippen LogP contribution in [0.3, 0.4) is 0 Å². The predicted molar refractivity (Wildman–Crippen MR) is 93.5 cm³/mol. The first kappa shape index (κ1) is 20.1. The largest absolute Gasteiger partial charge is 0.464 e. The maximum atomic E-state index is 14.0. The van der Waals surface area contributed by atoms with Gasteiger partial charge in [0.25, 0.3) is 0 Å². The lowest BCUT2D eigenvalue weighted by Crippen LogP contribution is -2.54. The molecular formula is C18H26FN3O4. The van der Waals surface area contributed by atoms with E-state index >= 15 is 0 Å². The number of hydrogen-bond acceptors (Lipinski definition) is 6. The summed E-state index contributed by atoms with van der Waals surface area (Å²) < 4.78 is 24.1. The van der Waals surface area contributed by atoms with Gasteiger partial charge in [0, 0.05) is 25.7 Å². The van der Waals surface area contributed by atoms with Crippen molar-refractivity contribution in [2.24, 2.45) is 0 Å². The predicted octanol–water partition coefficient (Wildman–Crippen LogP) is 2.15. The molecule has 1 aromatic heterocycles. The minimum absolute atomic E-state index is 0.0645. The zero-order valence-electron chi connectivity index (χ0n) is 15.7. The van der Waals surface area contributed by atoms with Crippen LogP contribution in [0.2, 0.25) is 0 Å². The molecule has 0 aliphatic carbocycles. The summed E-state index contributed by atoms with van der Waals surface area (Å²) in [6.45, 7) is 7.26.